The summed E-state index contributed by atoms with van der Waals surface area (Å²) in [5.41, 5.74) is 0.774. The summed E-state index contributed by atoms with van der Waals surface area (Å²) >= 11 is 18.8. The second-order valence-corrected chi connectivity index (χ2v) is 12.4. The predicted molar refractivity (Wildman–Crippen MR) is 150 cm³/mol. The summed E-state index contributed by atoms with van der Waals surface area (Å²) in [6.45, 7) is 1.26. The molecular weight excluding hydrogens is 557 g/mol. The molecule has 0 bridgehead atoms. The number of halogens is 3. The molecular formula is C26H32Cl3N3O4S. The van der Waals surface area contributed by atoms with E-state index in [9.17, 15) is 18.0 Å². The van der Waals surface area contributed by atoms with Crippen molar-refractivity contribution in [2.24, 2.45) is 0 Å². The van der Waals surface area contributed by atoms with Crippen molar-refractivity contribution in [3.05, 3.63) is 63.1 Å². The Kier molecular flexibility index (Phi) is 10.5. The van der Waals surface area contributed by atoms with Crippen molar-refractivity contribution in [2.45, 2.75) is 64.1 Å². The van der Waals surface area contributed by atoms with E-state index in [1.54, 1.807) is 30.3 Å². The van der Waals surface area contributed by atoms with Gasteiger partial charge in [-0.3, -0.25) is 13.9 Å². The molecule has 0 saturated heterocycles. The Morgan fingerprint density at radius 3 is 2.14 bits per heavy atom. The number of benzene rings is 2. The SMILES string of the molecule is CC[C@@H](C(=O)NC1CCCCC1)N(Cc1c(Cl)cccc1Cl)C(=O)CN(c1ccc(Cl)cc1)S(C)(=O)=O. The van der Waals surface area contributed by atoms with Crippen molar-refractivity contribution < 1.29 is 18.0 Å². The van der Waals surface area contributed by atoms with Gasteiger partial charge in [0.1, 0.15) is 12.6 Å². The maximum absolute atomic E-state index is 13.8. The molecule has 7 nitrogen and oxygen atoms in total. The van der Waals surface area contributed by atoms with Crippen LogP contribution in [-0.4, -0.2) is 50.0 Å². The molecule has 2 aromatic rings. The molecule has 1 aliphatic carbocycles. The van der Waals surface area contributed by atoms with Crippen LogP contribution >= 0.6 is 34.8 Å². The molecule has 0 unspecified atom stereocenters. The second kappa shape index (κ2) is 13.2. The van der Waals surface area contributed by atoms with E-state index in [4.69, 9.17) is 34.8 Å². The number of nitrogens with zero attached hydrogens (tertiary/aromatic N) is 2. The average molecular weight is 589 g/mol. The summed E-state index contributed by atoms with van der Waals surface area (Å²) in [6, 6.07) is 10.4. The van der Waals surface area contributed by atoms with Gasteiger partial charge in [0.05, 0.1) is 11.9 Å². The highest BCUT2D eigenvalue weighted by atomic mass is 35.5. The van der Waals surface area contributed by atoms with E-state index in [0.29, 0.717) is 27.1 Å². The summed E-state index contributed by atoms with van der Waals surface area (Å²) in [6.07, 6.45) is 6.37. The number of anilines is 1. The van der Waals surface area contributed by atoms with Gasteiger partial charge in [-0.2, -0.15) is 0 Å². The number of carbonyl (C=O) groups is 2. The lowest BCUT2D eigenvalue weighted by atomic mass is 9.95. The molecule has 1 fully saturated rings. The lowest BCUT2D eigenvalue weighted by Gasteiger charge is -2.34. The van der Waals surface area contributed by atoms with Crippen LogP contribution in [0.25, 0.3) is 0 Å². The number of rotatable bonds is 10. The first-order valence-electron chi connectivity index (χ1n) is 12.3. The first-order valence-corrected chi connectivity index (χ1v) is 15.3. The molecule has 1 N–H and O–H groups in total. The van der Waals surface area contributed by atoms with Crippen LogP contribution in [0.3, 0.4) is 0 Å². The fraction of sp³-hybridized carbons (Fsp3) is 0.462. The lowest BCUT2D eigenvalue weighted by Crippen LogP contribution is -2.54. The third-order valence-corrected chi connectivity index (χ3v) is 8.62. The van der Waals surface area contributed by atoms with E-state index in [0.717, 1.165) is 42.7 Å². The number of sulfonamides is 1. The molecule has 0 heterocycles. The van der Waals surface area contributed by atoms with Gasteiger partial charge in [-0.05, 0) is 55.7 Å². The topological polar surface area (TPSA) is 86.8 Å². The van der Waals surface area contributed by atoms with Gasteiger partial charge in [0, 0.05) is 33.2 Å². The van der Waals surface area contributed by atoms with Crippen LogP contribution in [0.5, 0.6) is 0 Å². The number of hydrogen-bond donors (Lipinski definition) is 1. The van der Waals surface area contributed by atoms with Gasteiger partial charge < -0.3 is 10.2 Å². The highest BCUT2D eigenvalue weighted by Crippen LogP contribution is 2.28. The van der Waals surface area contributed by atoms with Crippen molar-refractivity contribution in [1.29, 1.82) is 0 Å². The number of hydrogen-bond acceptors (Lipinski definition) is 4. The van der Waals surface area contributed by atoms with Gasteiger partial charge in [0.2, 0.25) is 21.8 Å². The fourth-order valence-corrected chi connectivity index (χ4v) is 6.03. The van der Waals surface area contributed by atoms with Crippen LogP contribution in [0.15, 0.2) is 42.5 Å². The van der Waals surface area contributed by atoms with Crippen LogP contribution in [-0.2, 0) is 26.2 Å². The van der Waals surface area contributed by atoms with E-state index in [1.807, 2.05) is 6.92 Å². The van der Waals surface area contributed by atoms with Gasteiger partial charge in [-0.1, -0.05) is 67.1 Å². The van der Waals surface area contributed by atoms with Gasteiger partial charge in [0.25, 0.3) is 0 Å². The Morgan fingerprint density at radius 1 is 1.00 bits per heavy atom. The molecule has 2 aromatic carbocycles. The Balaban J connectivity index is 1.95. The predicted octanol–water partition coefficient (Wildman–Crippen LogP) is 5.67. The molecule has 0 spiro atoms. The molecule has 0 aliphatic heterocycles. The maximum atomic E-state index is 13.8. The standard InChI is InChI=1S/C26H32Cl3N3O4S/c1-3-24(26(34)30-19-8-5-4-6-9-19)31(16-21-22(28)10-7-11-23(21)29)25(33)17-32(37(2,35)36)20-14-12-18(27)13-15-20/h7,10-15,19,24H,3-6,8-9,16-17H2,1-2H3,(H,30,34)/t24-/m0/s1. The summed E-state index contributed by atoms with van der Waals surface area (Å²) < 4.78 is 26.4. The van der Waals surface area contributed by atoms with Crippen molar-refractivity contribution in [2.75, 3.05) is 17.1 Å². The lowest BCUT2D eigenvalue weighted by molar-refractivity contribution is -0.140. The number of amides is 2. The summed E-state index contributed by atoms with van der Waals surface area (Å²) in [7, 11) is -3.83. The molecule has 1 saturated carbocycles. The fourth-order valence-electron chi connectivity index (χ4n) is 4.54. The summed E-state index contributed by atoms with van der Waals surface area (Å²) in [4.78, 5) is 28.6. The van der Waals surface area contributed by atoms with E-state index in [-0.39, 0.29) is 24.2 Å². The monoisotopic (exact) mass is 587 g/mol. The largest absolute Gasteiger partial charge is 0.352 e. The van der Waals surface area contributed by atoms with E-state index >= 15 is 0 Å². The van der Waals surface area contributed by atoms with Gasteiger partial charge in [-0.15, -0.1) is 0 Å². The molecule has 202 valence electrons. The molecule has 1 atom stereocenters. The summed E-state index contributed by atoms with van der Waals surface area (Å²) in [5.74, 6) is -0.828. The Morgan fingerprint density at radius 2 is 1.59 bits per heavy atom. The number of carbonyl (C=O) groups excluding carboxylic acids is 2. The molecule has 2 amide bonds. The van der Waals surface area contributed by atoms with Gasteiger partial charge in [-0.25, -0.2) is 8.42 Å². The van der Waals surface area contributed by atoms with Crippen LogP contribution in [0, 0.1) is 0 Å². The van der Waals surface area contributed by atoms with Crippen molar-refractivity contribution in [1.82, 2.24) is 10.2 Å². The Hall–Kier alpha value is -2.00. The van der Waals surface area contributed by atoms with Crippen molar-refractivity contribution >= 4 is 62.3 Å². The minimum absolute atomic E-state index is 0.0495. The molecule has 3 rings (SSSR count). The first kappa shape index (κ1) is 29.6. The van der Waals surface area contributed by atoms with Gasteiger partial charge >= 0.3 is 0 Å². The van der Waals surface area contributed by atoms with Gasteiger partial charge in [0.15, 0.2) is 0 Å². The zero-order chi connectivity index (χ0) is 27.2. The second-order valence-electron chi connectivity index (χ2n) is 9.24. The highest BCUT2D eigenvalue weighted by molar-refractivity contribution is 7.92. The van der Waals surface area contributed by atoms with Crippen LogP contribution in [0.1, 0.15) is 51.0 Å². The Bertz CT molecular complexity index is 1180. The third-order valence-electron chi connectivity index (χ3n) is 6.52. The van der Waals surface area contributed by atoms with Crippen molar-refractivity contribution in [3.8, 4) is 0 Å². The highest BCUT2D eigenvalue weighted by Gasteiger charge is 2.33. The van der Waals surface area contributed by atoms with E-state index < -0.39 is 28.5 Å². The molecule has 0 radical (unpaired) electrons. The Labute approximate surface area is 234 Å². The molecule has 37 heavy (non-hydrogen) atoms. The quantitative estimate of drug-likeness (QED) is 0.388. The van der Waals surface area contributed by atoms with Crippen LogP contribution in [0.4, 0.5) is 5.69 Å². The minimum Gasteiger partial charge on any atom is -0.352 e. The molecule has 0 aromatic heterocycles. The zero-order valence-electron chi connectivity index (χ0n) is 20.9. The normalized spacial score (nSPS) is 15.2. The smallest absolute Gasteiger partial charge is 0.244 e. The van der Waals surface area contributed by atoms with Crippen LogP contribution < -0.4 is 9.62 Å². The molecule has 1 aliphatic rings. The van der Waals surface area contributed by atoms with Crippen molar-refractivity contribution in [3.63, 3.8) is 0 Å². The summed E-state index contributed by atoms with van der Waals surface area (Å²) in [5, 5.41) is 4.24. The maximum Gasteiger partial charge on any atom is 0.244 e. The van der Waals surface area contributed by atoms with E-state index in [1.165, 1.54) is 17.0 Å². The third kappa shape index (κ3) is 7.99. The average Bonchev–Trinajstić information content (AvgIpc) is 2.84. The zero-order valence-corrected chi connectivity index (χ0v) is 24.0. The molecule has 11 heteroatoms. The van der Waals surface area contributed by atoms with E-state index in [2.05, 4.69) is 5.32 Å². The number of nitrogens with one attached hydrogen (secondary N) is 1. The van der Waals surface area contributed by atoms with Crippen LogP contribution in [0.2, 0.25) is 15.1 Å². The minimum atomic E-state index is -3.83. The first-order chi connectivity index (χ1) is 17.5.